The fourth-order valence-electron chi connectivity index (χ4n) is 3.89. The molecule has 2 heterocycles. The molecule has 3 rings (SSSR count). The van der Waals surface area contributed by atoms with Crippen molar-refractivity contribution in [2.75, 3.05) is 20.3 Å². The molecule has 2 aliphatic heterocycles. The minimum Gasteiger partial charge on any atom is -0.465 e. The summed E-state index contributed by atoms with van der Waals surface area (Å²) in [6, 6.07) is 9.67. The molecule has 0 bridgehead atoms. The van der Waals surface area contributed by atoms with E-state index < -0.39 is 17.6 Å². The molecule has 0 aliphatic carbocycles. The molecule has 6 heteroatoms. The maximum absolute atomic E-state index is 12.4. The van der Waals surface area contributed by atoms with E-state index in [1.807, 2.05) is 30.3 Å². The lowest BCUT2D eigenvalue weighted by Gasteiger charge is -2.35. The normalized spacial score (nSPS) is 32.7. The van der Waals surface area contributed by atoms with Crippen molar-refractivity contribution in [2.45, 2.75) is 31.0 Å². The van der Waals surface area contributed by atoms with Gasteiger partial charge in [-0.3, -0.25) is 9.59 Å². The van der Waals surface area contributed by atoms with Crippen LogP contribution in [0.5, 0.6) is 0 Å². The van der Waals surface area contributed by atoms with Crippen molar-refractivity contribution in [3.8, 4) is 0 Å². The van der Waals surface area contributed by atoms with Gasteiger partial charge in [0, 0.05) is 32.0 Å². The number of hydrogen-bond donors (Lipinski definition) is 1. The molecule has 4 atom stereocenters. The Morgan fingerprint density at radius 3 is 2.71 bits per heavy atom. The van der Waals surface area contributed by atoms with E-state index >= 15 is 0 Å². The molecule has 24 heavy (non-hydrogen) atoms. The average molecular weight is 334 g/mol. The number of aliphatic hydroxyl groups excluding tert-OH is 1. The van der Waals surface area contributed by atoms with Gasteiger partial charge in [0.1, 0.15) is 0 Å². The van der Waals surface area contributed by atoms with Crippen molar-refractivity contribution in [3.63, 3.8) is 0 Å². The fourth-order valence-corrected chi connectivity index (χ4v) is 3.89. The molecule has 0 amide bonds. The van der Waals surface area contributed by atoms with E-state index in [-0.39, 0.29) is 37.5 Å². The first-order valence-electron chi connectivity index (χ1n) is 8.20. The first kappa shape index (κ1) is 16.9. The second kappa shape index (κ2) is 6.91. The van der Waals surface area contributed by atoms with Crippen LogP contribution in [-0.4, -0.2) is 43.2 Å². The molecule has 130 valence electrons. The van der Waals surface area contributed by atoms with Gasteiger partial charge in [0.15, 0.2) is 0 Å². The summed E-state index contributed by atoms with van der Waals surface area (Å²) in [4.78, 5) is 24.4. The first-order chi connectivity index (χ1) is 11.6. The Morgan fingerprint density at radius 1 is 1.29 bits per heavy atom. The Morgan fingerprint density at radius 2 is 2.04 bits per heavy atom. The number of esters is 2. The van der Waals surface area contributed by atoms with Crippen LogP contribution < -0.4 is 0 Å². The average Bonchev–Trinajstić information content (AvgIpc) is 3.13. The Balaban J connectivity index is 1.93. The molecular formula is C18H22O6. The summed E-state index contributed by atoms with van der Waals surface area (Å²) in [5.74, 6) is -2.95. The predicted octanol–water partition coefficient (Wildman–Crippen LogP) is 1.62. The third-order valence-electron chi connectivity index (χ3n) is 5.04. The van der Waals surface area contributed by atoms with Crippen LogP contribution in [0.25, 0.3) is 0 Å². The summed E-state index contributed by atoms with van der Waals surface area (Å²) in [6.07, 6.45) is 0.888. The second-order valence-electron chi connectivity index (χ2n) is 6.30. The number of rotatable bonds is 6. The Kier molecular flexibility index (Phi) is 4.87. The number of cyclic esters (lactones) is 2. The number of ether oxygens (including phenoxy) is 3. The van der Waals surface area contributed by atoms with E-state index in [0.29, 0.717) is 12.8 Å². The van der Waals surface area contributed by atoms with Gasteiger partial charge in [0.2, 0.25) is 5.79 Å². The topological polar surface area (TPSA) is 82.1 Å². The van der Waals surface area contributed by atoms with Gasteiger partial charge in [0.05, 0.1) is 18.9 Å². The molecule has 1 aromatic rings. The molecule has 1 unspecified atom stereocenters. The third-order valence-corrected chi connectivity index (χ3v) is 5.04. The summed E-state index contributed by atoms with van der Waals surface area (Å²) < 4.78 is 16.4. The van der Waals surface area contributed by atoms with E-state index in [4.69, 9.17) is 19.3 Å². The molecule has 2 aliphatic rings. The highest BCUT2D eigenvalue weighted by Crippen LogP contribution is 2.49. The highest BCUT2D eigenvalue weighted by atomic mass is 16.7. The van der Waals surface area contributed by atoms with Gasteiger partial charge in [0.25, 0.3) is 0 Å². The van der Waals surface area contributed by atoms with Crippen molar-refractivity contribution in [2.24, 2.45) is 11.8 Å². The highest BCUT2D eigenvalue weighted by Gasteiger charge is 2.58. The Hall–Kier alpha value is -1.92. The highest BCUT2D eigenvalue weighted by molar-refractivity contribution is 5.80. The van der Waals surface area contributed by atoms with Crippen molar-refractivity contribution >= 4 is 11.9 Å². The monoisotopic (exact) mass is 334 g/mol. The van der Waals surface area contributed by atoms with Crippen LogP contribution in [0.3, 0.4) is 0 Å². The first-order valence-corrected chi connectivity index (χ1v) is 8.20. The van der Waals surface area contributed by atoms with Crippen LogP contribution in [0.15, 0.2) is 30.3 Å². The van der Waals surface area contributed by atoms with Gasteiger partial charge in [-0.15, -0.1) is 0 Å². The predicted molar refractivity (Wildman–Crippen MR) is 83.9 cm³/mol. The van der Waals surface area contributed by atoms with E-state index in [0.717, 1.165) is 5.56 Å². The molecule has 1 N–H and O–H groups in total. The number of hydrogen-bond acceptors (Lipinski definition) is 6. The number of aliphatic hydroxyl groups is 1. The van der Waals surface area contributed by atoms with Crippen molar-refractivity contribution in [3.05, 3.63) is 35.9 Å². The van der Waals surface area contributed by atoms with Crippen LogP contribution in [0.2, 0.25) is 0 Å². The standard InChI is InChI=1S/C18H22O6/c1-22-18(8-5-9-19)14(10-15(20)24-18)16-13(11-23-17(16)21)12-6-3-2-4-7-12/h2-4,6-7,13-14,16,19H,5,8-11H2,1H3/t13-,14-,16?,18+/m1/s1. The van der Waals surface area contributed by atoms with E-state index in [1.165, 1.54) is 7.11 Å². The summed E-state index contributed by atoms with van der Waals surface area (Å²) >= 11 is 0. The molecule has 0 saturated carbocycles. The molecule has 6 nitrogen and oxygen atoms in total. The number of benzene rings is 1. The van der Waals surface area contributed by atoms with Crippen LogP contribution in [0.1, 0.15) is 30.7 Å². The third kappa shape index (κ3) is 2.91. The summed E-state index contributed by atoms with van der Waals surface area (Å²) in [5, 5.41) is 9.15. The summed E-state index contributed by atoms with van der Waals surface area (Å²) in [7, 11) is 1.47. The zero-order valence-electron chi connectivity index (χ0n) is 13.6. The van der Waals surface area contributed by atoms with Crippen LogP contribution in [0.4, 0.5) is 0 Å². The molecule has 0 spiro atoms. The van der Waals surface area contributed by atoms with E-state index in [1.54, 1.807) is 0 Å². The lowest BCUT2D eigenvalue weighted by molar-refractivity contribution is -0.227. The lowest BCUT2D eigenvalue weighted by Crippen LogP contribution is -2.44. The number of carbonyl (C=O) groups excluding carboxylic acids is 2. The van der Waals surface area contributed by atoms with Crippen LogP contribution in [0, 0.1) is 11.8 Å². The molecule has 1 aromatic carbocycles. The smallest absolute Gasteiger partial charge is 0.310 e. The van der Waals surface area contributed by atoms with E-state index in [9.17, 15) is 9.59 Å². The molecule has 2 saturated heterocycles. The van der Waals surface area contributed by atoms with E-state index in [2.05, 4.69) is 0 Å². The minimum absolute atomic E-state index is 0.0351. The maximum Gasteiger partial charge on any atom is 0.310 e. The van der Waals surface area contributed by atoms with Gasteiger partial charge < -0.3 is 19.3 Å². The van der Waals surface area contributed by atoms with Crippen molar-refractivity contribution in [1.29, 1.82) is 0 Å². The Labute approximate surface area is 140 Å². The number of methoxy groups -OCH3 is 1. The van der Waals surface area contributed by atoms with Gasteiger partial charge in [-0.25, -0.2) is 0 Å². The van der Waals surface area contributed by atoms with Gasteiger partial charge in [-0.05, 0) is 12.0 Å². The fraction of sp³-hybridized carbons (Fsp3) is 0.556. The molecule has 0 radical (unpaired) electrons. The lowest BCUT2D eigenvalue weighted by atomic mass is 9.74. The minimum atomic E-state index is -1.18. The summed E-state index contributed by atoms with van der Waals surface area (Å²) in [5.41, 5.74) is 1.000. The Bertz CT molecular complexity index is 601. The second-order valence-corrected chi connectivity index (χ2v) is 6.30. The molecule has 0 aromatic heterocycles. The van der Waals surface area contributed by atoms with Gasteiger partial charge >= 0.3 is 11.9 Å². The largest absolute Gasteiger partial charge is 0.465 e. The number of carbonyl (C=O) groups is 2. The quantitative estimate of drug-likeness (QED) is 0.796. The maximum atomic E-state index is 12.4. The zero-order valence-corrected chi connectivity index (χ0v) is 13.6. The van der Waals surface area contributed by atoms with Gasteiger partial charge in [-0.1, -0.05) is 30.3 Å². The summed E-state index contributed by atoms with van der Waals surface area (Å²) in [6.45, 7) is 0.255. The molecular weight excluding hydrogens is 312 g/mol. The van der Waals surface area contributed by atoms with Crippen molar-refractivity contribution in [1.82, 2.24) is 0 Å². The molecule has 2 fully saturated rings. The van der Waals surface area contributed by atoms with Crippen LogP contribution in [-0.2, 0) is 23.8 Å². The zero-order chi connectivity index (χ0) is 17.2. The van der Waals surface area contributed by atoms with Crippen LogP contribution >= 0.6 is 0 Å². The van der Waals surface area contributed by atoms with Gasteiger partial charge in [-0.2, -0.15) is 0 Å². The van der Waals surface area contributed by atoms with Crippen molar-refractivity contribution < 1.29 is 28.9 Å². The SMILES string of the molecule is CO[C@@]1(CCCO)OC(=O)C[C@@H]1C1C(=O)OC[C@@H]1c1ccccc1.